The Morgan fingerprint density at radius 2 is 2.21 bits per heavy atom. The third-order valence-corrected chi connectivity index (χ3v) is 3.96. The lowest BCUT2D eigenvalue weighted by atomic mass is 9.86. The normalized spacial score (nSPS) is 17.4. The monoisotopic (exact) mass is 267 g/mol. The second kappa shape index (κ2) is 8.20. The van der Waals surface area contributed by atoms with Crippen LogP contribution in [0.15, 0.2) is 16.8 Å². The lowest BCUT2D eigenvalue weighted by molar-refractivity contribution is 0.304. The first kappa shape index (κ1) is 16.0. The van der Waals surface area contributed by atoms with Crippen molar-refractivity contribution in [3.63, 3.8) is 0 Å². The van der Waals surface area contributed by atoms with Crippen molar-refractivity contribution in [3.05, 3.63) is 11.6 Å². The quantitative estimate of drug-likeness (QED) is 0.158. The van der Waals surface area contributed by atoms with Gasteiger partial charge in [-0.3, -0.25) is 0 Å². The summed E-state index contributed by atoms with van der Waals surface area (Å²) in [6.45, 7) is 6.08. The standard InChI is InChI=1S/C15H29N3O/c1-15(2,14(16)18-19)10-6-11-17-12-9-13-7-4-3-5-8-13/h7,17,19H,3-6,8-12H2,1-2H3,(H2,16,18). The van der Waals surface area contributed by atoms with E-state index >= 15 is 0 Å². The smallest absolute Gasteiger partial charge is 0.144 e. The largest absolute Gasteiger partial charge is 0.409 e. The lowest BCUT2D eigenvalue weighted by Crippen LogP contribution is -2.32. The van der Waals surface area contributed by atoms with Gasteiger partial charge in [0.25, 0.3) is 0 Å². The first-order chi connectivity index (χ1) is 9.06. The van der Waals surface area contributed by atoms with Gasteiger partial charge in [0.15, 0.2) is 0 Å². The number of nitrogens with two attached hydrogens (primary N) is 1. The Morgan fingerprint density at radius 1 is 1.42 bits per heavy atom. The molecule has 110 valence electrons. The molecule has 1 aliphatic rings. The first-order valence-electron chi connectivity index (χ1n) is 7.43. The van der Waals surface area contributed by atoms with E-state index in [1.807, 2.05) is 13.8 Å². The molecule has 0 bridgehead atoms. The Bertz CT molecular complexity index is 321. The summed E-state index contributed by atoms with van der Waals surface area (Å²) in [4.78, 5) is 0. The van der Waals surface area contributed by atoms with Crippen LogP contribution >= 0.6 is 0 Å². The number of oxime groups is 1. The van der Waals surface area contributed by atoms with E-state index in [2.05, 4.69) is 16.5 Å². The zero-order chi connectivity index (χ0) is 14.1. The molecule has 19 heavy (non-hydrogen) atoms. The molecule has 0 saturated heterocycles. The number of amidine groups is 1. The van der Waals surface area contributed by atoms with E-state index < -0.39 is 0 Å². The van der Waals surface area contributed by atoms with Gasteiger partial charge in [-0.25, -0.2) is 0 Å². The highest BCUT2D eigenvalue weighted by Gasteiger charge is 2.22. The Morgan fingerprint density at radius 3 is 2.84 bits per heavy atom. The summed E-state index contributed by atoms with van der Waals surface area (Å²) in [7, 11) is 0. The van der Waals surface area contributed by atoms with Crippen molar-refractivity contribution in [3.8, 4) is 0 Å². The predicted molar refractivity (Wildman–Crippen MR) is 80.5 cm³/mol. The van der Waals surface area contributed by atoms with Gasteiger partial charge in [-0.1, -0.05) is 30.7 Å². The molecule has 0 aliphatic heterocycles. The van der Waals surface area contributed by atoms with Crippen LogP contribution in [0.5, 0.6) is 0 Å². The van der Waals surface area contributed by atoms with E-state index in [0.29, 0.717) is 5.84 Å². The van der Waals surface area contributed by atoms with Crippen LogP contribution < -0.4 is 11.1 Å². The van der Waals surface area contributed by atoms with Crippen LogP contribution in [0.1, 0.15) is 58.8 Å². The van der Waals surface area contributed by atoms with Gasteiger partial charge in [-0.2, -0.15) is 0 Å². The zero-order valence-corrected chi connectivity index (χ0v) is 12.4. The average Bonchev–Trinajstić information content (AvgIpc) is 2.42. The molecule has 0 radical (unpaired) electrons. The minimum absolute atomic E-state index is 0.220. The molecule has 0 unspecified atom stereocenters. The van der Waals surface area contributed by atoms with Gasteiger partial charge in [0.1, 0.15) is 5.84 Å². The van der Waals surface area contributed by atoms with Gasteiger partial charge < -0.3 is 16.3 Å². The van der Waals surface area contributed by atoms with Crippen molar-refractivity contribution in [2.24, 2.45) is 16.3 Å². The minimum Gasteiger partial charge on any atom is -0.409 e. The summed E-state index contributed by atoms with van der Waals surface area (Å²) < 4.78 is 0. The van der Waals surface area contributed by atoms with E-state index in [4.69, 9.17) is 10.9 Å². The molecular weight excluding hydrogens is 238 g/mol. The maximum atomic E-state index is 8.70. The van der Waals surface area contributed by atoms with Gasteiger partial charge in [-0.15, -0.1) is 0 Å². The molecule has 0 aromatic carbocycles. The molecular formula is C15H29N3O. The van der Waals surface area contributed by atoms with Crippen LogP contribution in [0.2, 0.25) is 0 Å². The van der Waals surface area contributed by atoms with Gasteiger partial charge in [0, 0.05) is 5.41 Å². The Kier molecular flexibility index (Phi) is 6.92. The summed E-state index contributed by atoms with van der Waals surface area (Å²) in [5.74, 6) is 0.319. The van der Waals surface area contributed by atoms with Crippen LogP contribution in [-0.4, -0.2) is 24.1 Å². The van der Waals surface area contributed by atoms with E-state index in [-0.39, 0.29) is 5.41 Å². The Labute approximate surface area is 117 Å². The SMILES string of the molecule is CC(C)(CCCNCCC1=CCCCC1)C(N)=NO. The van der Waals surface area contributed by atoms with Gasteiger partial charge in [0.2, 0.25) is 0 Å². The van der Waals surface area contributed by atoms with Crippen LogP contribution in [0.3, 0.4) is 0 Å². The van der Waals surface area contributed by atoms with Crippen molar-refractivity contribution >= 4 is 5.84 Å². The number of nitrogens with one attached hydrogen (secondary N) is 1. The Hall–Kier alpha value is -1.03. The van der Waals surface area contributed by atoms with Gasteiger partial charge in [-0.05, 0) is 58.0 Å². The number of hydrogen-bond donors (Lipinski definition) is 3. The fraction of sp³-hybridized carbons (Fsp3) is 0.800. The van der Waals surface area contributed by atoms with Crippen LogP contribution in [0.25, 0.3) is 0 Å². The summed E-state index contributed by atoms with van der Waals surface area (Å²) >= 11 is 0. The number of rotatable bonds is 8. The molecule has 4 heteroatoms. The molecule has 4 N–H and O–H groups in total. The second-order valence-corrected chi connectivity index (χ2v) is 6.08. The number of nitrogens with zero attached hydrogens (tertiary/aromatic N) is 1. The van der Waals surface area contributed by atoms with Crippen molar-refractivity contribution in [1.82, 2.24) is 5.32 Å². The van der Waals surface area contributed by atoms with Crippen molar-refractivity contribution in [2.75, 3.05) is 13.1 Å². The first-order valence-corrected chi connectivity index (χ1v) is 7.43. The van der Waals surface area contributed by atoms with Gasteiger partial charge >= 0.3 is 0 Å². The molecule has 0 atom stereocenters. The molecule has 0 heterocycles. The minimum atomic E-state index is -0.220. The lowest BCUT2D eigenvalue weighted by Gasteiger charge is -2.22. The summed E-state index contributed by atoms with van der Waals surface area (Å²) in [6.07, 6.45) is 10.8. The second-order valence-electron chi connectivity index (χ2n) is 6.08. The molecule has 1 rings (SSSR count). The molecule has 0 saturated carbocycles. The van der Waals surface area contributed by atoms with Crippen LogP contribution in [0.4, 0.5) is 0 Å². The predicted octanol–water partition coefficient (Wildman–Crippen LogP) is 3.02. The third-order valence-electron chi connectivity index (χ3n) is 3.96. The van der Waals surface area contributed by atoms with E-state index in [9.17, 15) is 0 Å². The van der Waals surface area contributed by atoms with Crippen molar-refractivity contribution < 1.29 is 5.21 Å². The van der Waals surface area contributed by atoms with E-state index in [1.165, 1.54) is 32.1 Å². The molecule has 0 aromatic heterocycles. The zero-order valence-electron chi connectivity index (χ0n) is 12.4. The van der Waals surface area contributed by atoms with E-state index in [1.54, 1.807) is 5.57 Å². The highest BCUT2D eigenvalue weighted by Crippen LogP contribution is 2.22. The van der Waals surface area contributed by atoms with Crippen LogP contribution in [0, 0.1) is 5.41 Å². The maximum Gasteiger partial charge on any atom is 0.144 e. The van der Waals surface area contributed by atoms with Crippen molar-refractivity contribution in [1.29, 1.82) is 0 Å². The topological polar surface area (TPSA) is 70.6 Å². The highest BCUT2D eigenvalue weighted by atomic mass is 16.4. The summed E-state index contributed by atoms with van der Waals surface area (Å²) in [5, 5.41) is 15.3. The van der Waals surface area contributed by atoms with Gasteiger partial charge in [0.05, 0.1) is 0 Å². The molecule has 0 fully saturated rings. The Balaban J connectivity index is 2.06. The van der Waals surface area contributed by atoms with E-state index in [0.717, 1.165) is 25.9 Å². The van der Waals surface area contributed by atoms with Crippen LogP contribution in [-0.2, 0) is 0 Å². The molecule has 0 amide bonds. The highest BCUT2D eigenvalue weighted by molar-refractivity contribution is 5.85. The molecule has 0 aromatic rings. The molecule has 1 aliphatic carbocycles. The summed E-state index contributed by atoms with van der Waals surface area (Å²) in [5.41, 5.74) is 7.06. The number of hydrogen-bond acceptors (Lipinski definition) is 3. The fourth-order valence-electron chi connectivity index (χ4n) is 2.42. The fourth-order valence-corrected chi connectivity index (χ4v) is 2.42. The molecule has 0 spiro atoms. The summed E-state index contributed by atoms with van der Waals surface area (Å²) in [6, 6.07) is 0. The molecule has 4 nitrogen and oxygen atoms in total. The average molecular weight is 267 g/mol. The maximum absolute atomic E-state index is 8.70. The number of allylic oxidation sites excluding steroid dienone is 1. The third kappa shape index (κ3) is 6.10. The van der Waals surface area contributed by atoms with Crippen molar-refractivity contribution in [2.45, 2.75) is 58.8 Å².